The van der Waals surface area contributed by atoms with Crippen LogP contribution >= 0.6 is 0 Å². The topological polar surface area (TPSA) is 66.2 Å². The van der Waals surface area contributed by atoms with E-state index in [0.717, 1.165) is 12.4 Å². The summed E-state index contributed by atoms with van der Waals surface area (Å²) in [7, 11) is 1.41. The maximum absolute atomic E-state index is 11.6. The van der Waals surface area contributed by atoms with Crippen LogP contribution in [-0.4, -0.2) is 31.2 Å². The van der Waals surface area contributed by atoms with Crippen molar-refractivity contribution in [2.45, 2.75) is 6.92 Å². The third-order valence-corrected chi connectivity index (χ3v) is 3.32. The van der Waals surface area contributed by atoms with Gasteiger partial charge in [0.05, 0.1) is 18.6 Å². The van der Waals surface area contributed by atoms with Crippen molar-refractivity contribution in [2.75, 3.05) is 25.1 Å². The molecule has 0 bridgehead atoms. The Hall–Kier alpha value is -2.09. The second kappa shape index (κ2) is 5.05. The summed E-state index contributed by atoms with van der Waals surface area (Å²) < 4.78 is 4.80. The van der Waals surface area contributed by atoms with Crippen LogP contribution in [0.1, 0.15) is 12.5 Å². The zero-order valence-electron chi connectivity index (χ0n) is 10.5. The summed E-state index contributed by atoms with van der Waals surface area (Å²) in [6.45, 7) is 3.43. The van der Waals surface area contributed by atoms with Crippen LogP contribution in [0.25, 0.3) is 0 Å². The minimum atomic E-state index is -0.168. The zero-order chi connectivity index (χ0) is 13.1. The van der Waals surface area contributed by atoms with Crippen molar-refractivity contribution in [2.24, 2.45) is 11.8 Å². The lowest BCUT2D eigenvalue weighted by atomic mass is 9.99. The zero-order valence-corrected chi connectivity index (χ0v) is 10.5. The molecule has 94 valence electrons. The summed E-state index contributed by atoms with van der Waals surface area (Å²) in [4.78, 5) is 17.9. The van der Waals surface area contributed by atoms with Gasteiger partial charge in [0.15, 0.2) is 0 Å². The summed E-state index contributed by atoms with van der Waals surface area (Å²) in [6.07, 6.45) is 1.55. The normalized spacial score (nSPS) is 22.6. The van der Waals surface area contributed by atoms with E-state index in [2.05, 4.69) is 4.98 Å². The number of carbonyl (C=O) groups is 1. The molecule has 1 aromatic rings. The minimum Gasteiger partial charge on any atom is -0.469 e. The summed E-state index contributed by atoms with van der Waals surface area (Å²) in [5, 5.41) is 8.72. The Morgan fingerprint density at radius 3 is 2.89 bits per heavy atom. The fourth-order valence-corrected chi connectivity index (χ4v) is 2.25. The molecule has 1 aliphatic rings. The van der Waals surface area contributed by atoms with Gasteiger partial charge in [-0.2, -0.15) is 5.26 Å². The third-order valence-electron chi connectivity index (χ3n) is 3.32. The Balaban J connectivity index is 2.12. The van der Waals surface area contributed by atoms with Crippen LogP contribution < -0.4 is 4.90 Å². The van der Waals surface area contributed by atoms with Crippen molar-refractivity contribution >= 4 is 11.8 Å². The van der Waals surface area contributed by atoms with E-state index in [4.69, 9.17) is 10.00 Å². The molecule has 0 saturated carbocycles. The van der Waals surface area contributed by atoms with Crippen molar-refractivity contribution in [1.82, 2.24) is 4.98 Å². The van der Waals surface area contributed by atoms with Crippen molar-refractivity contribution in [1.29, 1.82) is 5.26 Å². The first kappa shape index (κ1) is 12.4. The molecule has 5 nitrogen and oxygen atoms in total. The van der Waals surface area contributed by atoms with Crippen LogP contribution in [0.15, 0.2) is 18.3 Å². The number of hydrogen-bond donors (Lipinski definition) is 0. The first-order valence-electron chi connectivity index (χ1n) is 5.84. The summed E-state index contributed by atoms with van der Waals surface area (Å²) >= 11 is 0. The maximum Gasteiger partial charge on any atom is 0.310 e. The van der Waals surface area contributed by atoms with E-state index in [0.29, 0.717) is 12.1 Å². The number of nitriles is 1. The van der Waals surface area contributed by atoms with E-state index in [1.165, 1.54) is 7.11 Å². The van der Waals surface area contributed by atoms with Crippen molar-refractivity contribution in [3.8, 4) is 6.07 Å². The lowest BCUT2D eigenvalue weighted by Crippen LogP contribution is -2.24. The van der Waals surface area contributed by atoms with Gasteiger partial charge in [-0.25, -0.2) is 4.98 Å². The molecule has 5 heteroatoms. The highest BCUT2D eigenvalue weighted by Gasteiger charge is 2.35. The number of hydrogen-bond acceptors (Lipinski definition) is 5. The predicted octanol–water partition coefficient (Wildman–Crippen LogP) is 1.20. The molecule has 0 radical (unpaired) electrons. The number of carbonyl (C=O) groups excluding carboxylic acids is 1. The Bertz CT molecular complexity index is 478. The average molecular weight is 245 g/mol. The van der Waals surface area contributed by atoms with Gasteiger partial charge in [0.25, 0.3) is 0 Å². The molecule has 1 saturated heterocycles. The van der Waals surface area contributed by atoms with E-state index in [-0.39, 0.29) is 17.8 Å². The van der Waals surface area contributed by atoms with Gasteiger partial charge in [0, 0.05) is 19.3 Å². The Morgan fingerprint density at radius 2 is 2.33 bits per heavy atom. The van der Waals surface area contributed by atoms with Crippen molar-refractivity contribution in [3.63, 3.8) is 0 Å². The number of pyridine rings is 1. The Labute approximate surface area is 106 Å². The van der Waals surface area contributed by atoms with Crippen LogP contribution in [-0.2, 0) is 9.53 Å². The van der Waals surface area contributed by atoms with E-state index in [1.807, 2.05) is 24.0 Å². The Morgan fingerprint density at radius 1 is 1.56 bits per heavy atom. The van der Waals surface area contributed by atoms with Crippen LogP contribution in [0.3, 0.4) is 0 Å². The van der Waals surface area contributed by atoms with Gasteiger partial charge in [0.1, 0.15) is 11.9 Å². The molecule has 2 atom stereocenters. The van der Waals surface area contributed by atoms with Gasteiger partial charge in [-0.1, -0.05) is 6.92 Å². The van der Waals surface area contributed by atoms with Gasteiger partial charge in [-0.3, -0.25) is 4.79 Å². The molecule has 18 heavy (non-hydrogen) atoms. The van der Waals surface area contributed by atoms with E-state index in [1.54, 1.807) is 12.3 Å². The van der Waals surface area contributed by atoms with Gasteiger partial charge in [-0.05, 0) is 18.1 Å². The summed E-state index contributed by atoms with van der Waals surface area (Å²) in [5.74, 6) is 0.772. The standard InChI is InChI=1S/C13H15N3O2/c1-9-7-16(8-11(9)13(17)18-2)12-4-3-10(5-14)6-15-12/h3-4,6,9,11H,7-8H2,1-2H3. The predicted molar refractivity (Wildman–Crippen MR) is 65.8 cm³/mol. The SMILES string of the molecule is COC(=O)C1CN(c2ccc(C#N)cn2)CC1C. The number of rotatable bonds is 2. The quantitative estimate of drug-likeness (QED) is 0.732. The van der Waals surface area contributed by atoms with Gasteiger partial charge in [0.2, 0.25) is 0 Å². The highest BCUT2D eigenvalue weighted by atomic mass is 16.5. The third kappa shape index (κ3) is 2.28. The molecular weight excluding hydrogens is 230 g/mol. The van der Waals surface area contributed by atoms with Gasteiger partial charge < -0.3 is 9.64 Å². The molecular formula is C13H15N3O2. The molecule has 2 rings (SSSR count). The van der Waals surface area contributed by atoms with Crippen LogP contribution in [0.4, 0.5) is 5.82 Å². The van der Waals surface area contributed by atoms with Crippen LogP contribution in [0, 0.1) is 23.2 Å². The highest BCUT2D eigenvalue weighted by molar-refractivity contribution is 5.74. The molecule has 1 fully saturated rings. The fourth-order valence-electron chi connectivity index (χ4n) is 2.25. The van der Waals surface area contributed by atoms with Gasteiger partial charge in [-0.15, -0.1) is 0 Å². The minimum absolute atomic E-state index is 0.104. The van der Waals surface area contributed by atoms with E-state index < -0.39 is 0 Å². The van der Waals surface area contributed by atoms with Crippen LogP contribution in [0.5, 0.6) is 0 Å². The molecule has 0 N–H and O–H groups in total. The first-order chi connectivity index (χ1) is 8.65. The molecule has 0 amide bonds. The van der Waals surface area contributed by atoms with Crippen molar-refractivity contribution in [3.05, 3.63) is 23.9 Å². The van der Waals surface area contributed by atoms with E-state index in [9.17, 15) is 4.79 Å². The molecule has 2 heterocycles. The number of nitrogens with zero attached hydrogens (tertiary/aromatic N) is 3. The largest absolute Gasteiger partial charge is 0.469 e. The highest BCUT2D eigenvalue weighted by Crippen LogP contribution is 2.27. The number of aromatic nitrogens is 1. The molecule has 1 aromatic heterocycles. The summed E-state index contributed by atoms with van der Waals surface area (Å²) in [6, 6.07) is 5.58. The molecule has 2 unspecified atom stereocenters. The lowest BCUT2D eigenvalue weighted by molar-refractivity contribution is -0.145. The molecule has 0 aliphatic carbocycles. The van der Waals surface area contributed by atoms with E-state index >= 15 is 0 Å². The van der Waals surface area contributed by atoms with Crippen LogP contribution in [0.2, 0.25) is 0 Å². The van der Waals surface area contributed by atoms with Crippen molar-refractivity contribution < 1.29 is 9.53 Å². The Kier molecular flexibility index (Phi) is 3.47. The molecule has 0 aromatic carbocycles. The fraction of sp³-hybridized carbons (Fsp3) is 0.462. The molecule has 1 aliphatic heterocycles. The number of esters is 1. The smallest absolute Gasteiger partial charge is 0.310 e. The lowest BCUT2D eigenvalue weighted by Gasteiger charge is -2.16. The number of methoxy groups -OCH3 is 1. The second-order valence-corrected chi connectivity index (χ2v) is 4.53. The average Bonchev–Trinajstić information content (AvgIpc) is 2.80. The number of ether oxygens (including phenoxy) is 1. The maximum atomic E-state index is 11.6. The second-order valence-electron chi connectivity index (χ2n) is 4.53. The first-order valence-corrected chi connectivity index (χ1v) is 5.84. The monoisotopic (exact) mass is 245 g/mol. The summed E-state index contributed by atoms with van der Waals surface area (Å²) in [5.41, 5.74) is 0.538. The van der Waals surface area contributed by atoms with Gasteiger partial charge >= 0.3 is 5.97 Å². The number of anilines is 1. The molecule has 0 spiro atoms.